The molecule has 3 aromatic carbocycles. The molecule has 154 valence electrons. The van der Waals surface area contributed by atoms with Gasteiger partial charge in [0.2, 0.25) is 0 Å². The molecule has 3 rings (SSSR count). The van der Waals surface area contributed by atoms with Crippen LogP contribution in [0.15, 0.2) is 78.9 Å². The quantitative estimate of drug-likeness (QED) is 0.552. The molecular formula is C24H23NO5. The average molecular weight is 405 g/mol. The number of phenolic OH excluding ortho intramolecular Hbond substituents is 1. The van der Waals surface area contributed by atoms with Crippen molar-refractivity contribution >= 4 is 17.6 Å². The molecule has 0 aliphatic heterocycles. The van der Waals surface area contributed by atoms with E-state index in [1.807, 2.05) is 30.3 Å². The molecule has 6 heteroatoms. The molecule has 2 N–H and O–H groups in total. The number of esters is 1. The van der Waals surface area contributed by atoms with Crippen LogP contribution < -0.4 is 10.1 Å². The Labute approximate surface area is 175 Å². The summed E-state index contributed by atoms with van der Waals surface area (Å²) in [7, 11) is 0. The number of carbonyl (C=O) groups is 2. The van der Waals surface area contributed by atoms with Gasteiger partial charge in [-0.15, -0.1) is 0 Å². The first kappa shape index (κ1) is 20.9. The molecule has 0 aliphatic carbocycles. The molecule has 0 heterocycles. The zero-order chi connectivity index (χ0) is 21.3. The van der Waals surface area contributed by atoms with Gasteiger partial charge in [-0.1, -0.05) is 42.5 Å². The topological polar surface area (TPSA) is 84.9 Å². The monoisotopic (exact) mass is 405 g/mol. The minimum absolute atomic E-state index is 0.0192. The van der Waals surface area contributed by atoms with Gasteiger partial charge in [0, 0.05) is 5.69 Å². The predicted octanol–water partition coefficient (Wildman–Crippen LogP) is 4.08. The summed E-state index contributed by atoms with van der Waals surface area (Å²) in [6.45, 7) is 1.97. The summed E-state index contributed by atoms with van der Waals surface area (Å²) in [5.74, 6) is -0.137. The smallest absolute Gasteiger partial charge is 0.311 e. The van der Waals surface area contributed by atoms with E-state index in [0.29, 0.717) is 23.6 Å². The third-order valence-corrected chi connectivity index (χ3v) is 4.33. The fourth-order valence-corrected chi connectivity index (χ4v) is 2.69. The second-order valence-electron chi connectivity index (χ2n) is 6.76. The van der Waals surface area contributed by atoms with E-state index in [4.69, 9.17) is 9.47 Å². The summed E-state index contributed by atoms with van der Waals surface area (Å²) in [4.78, 5) is 24.3. The number of benzene rings is 3. The molecule has 0 saturated carbocycles. The second-order valence-corrected chi connectivity index (χ2v) is 6.76. The van der Waals surface area contributed by atoms with Crippen LogP contribution in [0.25, 0.3) is 0 Å². The van der Waals surface area contributed by atoms with E-state index < -0.39 is 18.0 Å². The van der Waals surface area contributed by atoms with Gasteiger partial charge >= 0.3 is 5.97 Å². The highest BCUT2D eigenvalue weighted by Gasteiger charge is 2.18. The summed E-state index contributed by atoms with van der Waals surface area (Å²) in [5, 5.41) is 12.0. The molecule has 3 aromatic rings. The highest BCUT2D eigenvalue weighted by molar-refractivity contribution is 5.95. The maximum Gasteiger partial charge on any atom is 0.311 e. The lowest BCUT2D eigenvalue weighted by atomic mass is 10.1. The molecule has 0 spiro atoms. The molecule has 30 heavy (non-hydrogen) atoms. The van der Waals surface area contributed by atoms with Crippen molar-refractivity contribution in [3.05, 3.63) is 90.0 Å². The molecule has 0 fully saturated rings. The van der Waals surface area contributed by atoms with E-state index >= 15 is 0 Å². The molecule has 0 radical (unpaired) electrons. The number of rotatable bonds is 8. The molecule has 0 bridgehead atoms. The largest absolute Gasteiger partial charge is 0.508 e. The lowest BCUT2D eigenvalue weighted by Gasteiger charge is -2.14. The molecule has 6 nitrogen and oxygen atoms in total. The Kier molecular flexibility index (Phi) is 7.05. The number of hydrogen-bond acceptors (Lipinski definition) is 5. The molecule has 0 aromatic heterocycles. The van der Waals surface area contributed by atoms with Crippen LogP contribution >= 0.6 is 0 Å². The van der Waals surface area contributed by atoms with E-state index in [1.165, 1.54) is 19.1 Å². The minimum atomic E-state index is -0.941. The molecular weight excluding hydrogens is 382 g/mol. The zero-order valence-electron chi connectivity index (χ0n) is 16.6. The highest BCUT2D eigenvalue weighted by Crippen LogP contribution is 2.18. The number of nitrogens with one attached hydrogen (secondary N) is 1. The van der Waals surface area contributed by atoms with Gasteiger partial charge in [-0.25, -0.2) is 0 Å². The predicted molar refractivity (Wildman–Crippen MR) is 113 cm³/mol. The Morgan fingerprint density at radius 2 is 1.57 bits per heavy atom. The SMILES string of the molecule is C[C@H](OC(=O)Cc1ccc(O)cc1)C(=O)Nc1ccc(OCc2ccccc2)cc1. The van der Waals surface area contributed by atoms with Crippen LogP contribution in [-0.4, -0.2) is 23.1 Å². The Hall–Kier alpha value is -3.80. The number of ether oxygens (including phenoxy) is 2. The first-order chi connectivity index (χ1) is 14.5. The van der Waals surface area contributed by atoms with Crippen molar-refractivity contribution in [2.24, 2.45) is 0 Å². The second kappa shape index (κ2) is 10.1. The Bertz CT molecular complexity index is 969. The maximum absolute atomic E-state index is 12.3. The van der Waals surface area contributed by atoms with Gasteiger partial charge in [-0.3, -0.25) is 9.59 Å². The Morgan fingerprint density at radius 1 is 0.900 bits per heavy atom. The van der Waals surface area contributed by atoms with E-state index in [1.54, 1.807) is 36.4 Å². The first-order valence-electron chi connectivity index (χ1n) is 9.54. The van der Waals surface area contributed by atoms with Crippen molar-refractivity contribution in [3.63, 3.8) is 0 Å². The number of anilines is 1. The third-order valence-electron chi connectivity index (χ3n) is 4.33. The molecule has 0 saturated heterocycles. The molecule has 1 amide bonds. The van der Waals surface area contributed by atoms with Crippen LogP contribution in [0.1, 0.15) is 18.1 Å². The van der Waals surface area contributed by atoms with Crippen molar-refractivity contribution in [1.82, 2.24) is 0 Å². The summed E-state index contributed by atoms with van der Waals surface area (Å²) in [6.07, 6.45) is -0.922. The summed E-state index contributed by atoms with van der Waals surface area (Å²) in [6, 6.07) is 23.0. The highest BCUT2D eigenvalue weighted by atomic mass is 16.5. The van der Waals surface area contributed by atoms with Crippen molar-refractivity contribution < 1.29 is 24.2 Å². The van der Waals surface area contributed by atoms with Gasteiger partial charge in [0.05, 0.1) is 6.42 Å². The summed E-state index contributed by atoms with van der Waals surface area (Å²) < 4.78 is 10.9. The fraction of sp³-hybridized carbons (Fsp3) is 0.167. The van der Waals surface area contributed by atoms with E-state index in [0.717, 1.165) is 5.56 Å². The normalized spacial score (nSPS) is 11.4. The van der Waals surface area contributed by atoms with Crippen molar-refractivity contribution in [1.29, 1.82) is 0 Å². The maximum atomic E-state index is 12.3. The minimum Gasteiger partial charge on any atom is -0.508 e. The molecule has 0 unspecified atom stereocenters. The van der Waals surface area contributed by atoms with Gasteiger partial charge in [-0.2, -0.15) is 0 Å². The van der Waals surface area contributed by atoms with Crippen LogP contribution in [0.5, 0.6) is 11.5 Å². The van der Waals surface area contributed by atoms with E-state index in [-0.39, 0.29) is 12.2 Å². The molecule has 0 aliphatic rings. The van der Waals surface area contributed by atoms with Gasteiger partial charge in [0.15, 0.2) is 6.10 Å². The van der Waals surface area contributed by atoms with Crippen LogP contribution in [0, 0.1) is 0 Å². The van der Waals surface area contributed by atoms with Crippen LogP contribution in [0.2, 0.25) is 0 Å². The first-order valence-corrected chi connectivity index (χ1v) is 9.54. The number of amides is 1. The van der Waals surface area contributed by atoms with Gasteiger partial charge in [-0.05, 0) is 54.4 Å². The van der Waals surface area contributed by atoms with Crippen LogP contribution in [0.4, 0.5) is 5.69 Å². The van der Waals surface area contributed by atoms with E-state index in [9.17, 15) is 14.7 Å². The Balaban J connectivity index is 1.46. The lowest BCUT2D eigenvalue weighted by Crippen LogP contribution is -2.30. The van der Waals surface area contributed by atoms with Crippen molar-refractivity contribution in [2.75, 3.05) is 5.32 Å². The number of aromatic hydroxyl groups is 1. The summed E-state index contributed by atoms with van der Waals surface area (Å²) in [5.41, 5.74) is 2.34. The number of phenols is 1. The van der Waals surface area contributed by atoms with Crippen molar-refractivity contribution in [2.45, 2.75) is 26.1 Å². The summed E-state index contributed by atoms with van der Waals surface area (Å²) >= 11 is 0. The third kappa shape index (κ3) is 6.38. The fourth-order valence-electron chi connectivity index (χ4n) is 2.69. The average Bonchev–Trinajstić information content (AvgIpc) is 2.75. The van der Waals surface area contributed by atoms with Crippen molar-refractivity contribution in [3.8, 4) is 11.5 Å². The standard InChI is InChI=1S/C24H23NO5/c1-17(30-23(27)15-18-7-11-21(26)12-8-18)24(28)25-20-9-13-22(14-10-20)29-16-19-5-3-2-4-6-19/h2-14,17,26H,15-16H2,1H3,(H,25,28)/t17-/m0/s1. The lowest BCUT2D eigenvalue weighted by molar-refractivity contribution is -0.152. The van der Waals surface area contributed by atoms with Gasteiger partial charge < -0.3 is 19.9 Å². The van der Waals surface area contributed by atoms with Crippen LogP contribution in [-0.2, 0) is 27.4 Å². The number of hydrogen-bond donors (Lipinski definition) is 2. The zero-order valence-corrected chi connectivity index (χ0v) is 16.6. The van der Waals surface area contributed by atoms with Gasteiger partial charge in [0.25, 0.3) is 5.91 Å². The van der Waals surface area contributed by atoms with Gasteiger partial charge in [0.1, 0.15) is 18.1 Å². The Morgan fingerprint density at radius 3 is 2.23 bits per heavy atom. The molecule has 1 atom stereocenters. The number of carbonyl (C=O) groups excluding carboxylic acids is 2. The van der Waals surface area contributed by atoms with E-state index in [2.05, 4.69) is 5.32 Å². The van der Waals surface area contributed by atoms with Crippen LogP contribution in [0.3, 0.4) is 0 Å².